The summed E-state index contributed by atoms with van der Waals surface area (Å²) in [5.41, 5.74) is 1.72. The molecular formula is C16H18N2O3. The Morgan fingerprint density at radius 1 is 1.38 bits per heavy atom. The molecule has 1 aromatic carbocycles. The van der Waals surface area contributed by atoms with Crippen LogP contribution < -0.4 is 4.90 Å². The van der Waals surface area contributed by atoms with Gasteiger partial charge in [-0.1, -0.05) is 25.1 Å². The van der Waals surface area contributed by atoms with Crippen LogP contribution in [0.4, 0.5) is 5.69 Å². The van der Waals surface area contributed by atoms with E-state index in [0.717, 1.165) is 10.9 Å². The van der Waals surface area contributed by atoms with Crippen LogP contribution in [0.3, 0.4) is 0 Å². The first-order valence-corrected chi connectivity index (χ1v) is 7.12. The van der Waals surface area contributed by atoms with Crippen LogP contribution in [-0.2, 0) is 0 Å². The second-order valence-electron chi connectivity index (χ2n) is 5.62. The summed E-state index contributed by atoms with van der Waals surface area (Å²) in [6.45, 7) is 3.29. The predicted octanol–water partition coefficient (Wildman–Crippen LogP) is 2.14. The molecule has 1 aliphatic rings. The van der Waals surface area contributed by atoms with Crippen LogP contribution in [0.5, 0.6) is 0 Å². The van der Waals surface area contributed by atoms with Crippen molar-refractivity contribution in [1.29, 1.82) is 0 Å². The van der Waals surface area contributed by atoms with E-state index in [1.54, 1.807) is 0 Å². The quantitative estimate of drug-likeness (QED) is 0.885. The molecule has 2 N–H and O–H groups in total. The highest BCUT2D eigenvalue weighted by atomic mass is 16.4. The molecule has 110 valence electrons. The third kappa shape index (κ3) is 2.45. The summed E-state index contributed by atoms with van der Waals surface area (Å²) in [6.07, 6.45) is 1.76. The van der Waals surface area contributed by atoms with E-state index in [0.29, 0.717) is 25.2 Å². The van der Waals surface area contributed by atoms with Gasteiger partial charge in [0, 0.05) is 24.7 Å². The third-order valence-corrected chi connectivity index (χ3v) is 4.15. The summed E-state index contributed by atoms with van der Waals surface area (Å²) in [7, 11) is 0. The highest BCUT2D eigenvalue weighted by molar-refractivity contribution is 6.04. The zero-order valence-corrected chi connectivity index (χ0v) is 11.9. The fourth-order valence-electron chi connectivity index (χ4n) is 2.96. The number of pyridine rings is 1. The minimum atomic E-state index is -0.970. The van der Waals surface area contributed by atoms with Crippen molar-refractivity contribution >= 4 is 22.6 Å². The summed E-state index contributed by atoms with van der Waals surface area (Å²) in [5, 5.41) is 20.2. The minimum absolute atomic E-state index is 0.118. The fourth-order valence-corrected chi connectivity index (χ4v) is 2.96. The largest absolute Gasteiger partial charge is 0.478 e. The Morgan fingerprint density at radius 2 is 2.14 bits per heavy atom. The van der Waals surface area contributed by atoms with Gasteiger partial charge in [-0.05, 0) is 18.4 Å². The number of aliphatic hydroxyl groups excluding tert-OH is 1. The monoisotopic (exact) mass is 286 g/mol. The number of nitrogens with zero attached hydrogens (tertiary/aromatic N) is 2. The zero-order chi connectivity index (χ0) is 15.0. The van der Waals surface area contributed by atoms with Gasteiger partial charge in [0.15, 0.2) is 0 Å². The lowest BCUT2D eigenvalue weighted by molar-refractivity contribution is 0.0696. The number of carbonyl (C=O) groups is 1. The van der Waals surface area contributed by atoms with E-state index in [9.17, 15) is 15.0 Å². The highest BCUT2D eigenvalue weighted by Crippen LogP contribution is 2.32. The molecule has 5 heteroatoms. The summed E-state index contributed by atoms with van der Waals surface area (Å²) >= 11 is 0. The van der Waals surface area contributed by atoms with Crippen molar-refractivity contribution in [2.24, 2.45) is 5.92 Å². The number of piperidine rings is 1. The molecule has 21 heavy (non-hydrogen) atoms. The molecule has 0 radical (unpaired) electrons. The summed E-state index contributed by atoms with van der Waals surface area (Å²) in [4.78, 5) is 17.8. The number of aliphatic hydroxyl groups is 1. The van der Waals surface area contributed by atoms with E-state index in [-0.39, 0.29) is 17.6 Å². The Hall–Kier alpha value is -2.14. The standard InChI is InChI=1S/C16H18N2O3/c1-10-9-18(7-6-14(10)19)15-11-4-2-3-5-13(11)17-8-12(15)16(20)21/h2-5,8,10,14,19H,6-7,9H2,1H3,(H,20,21). The van der Waals surface area contributed by atoms with Gasteiger partial charge < -0.3 is 15.1 Å². The van der Waals surface area contributed by atoms with E-state index in [2.05, 4.69) is 9.88 Å². The van der Waals surface area contributed by atoms with Crippen LogP contribution in [0.15, 0.2) is 30.5 Å². The van der Waals surface area contributed by atoms with E-state index in [1.807, 2.05) is 31.2 Å². The minimum Gasteiger partial charge on any atom is -0.478 e. The number of hydrogen-bond acceptors (Lipinski definition) is 4. The first-order valence-electron chi connectivity index (χ1n) is 7.12. The van der Waals surface area contributed by atoms with Crippen molar-refractivity contribution in [3.8, 4) is 0 Å². The first-order chi connectivity index (χ1) is 10.1. The number of carboxylic acid groups (broad SMARTS) is 1. The van der Waals surface area contributed by atoms with Gasteiger partial charge in [-0.15, -0.1) is 0 Å². The van der Waals surface area contributed by atoms with Crippen molar-refractivity contribution in [2.45, 2.75) is 19.4 Å². The molecule has 1 aliphatic heterocycles. The second kappa shape index (κ2) is 5.33. The van der Waals surface area contributed by atoms with Crippen LogP contribution in [0.25, 0.3) is 10.9 Å². The molecule has 0 spiro atoms. The molecule has 2 atom stereocenters. The van der Waals surface area contributed by atoms with Crippen molar-refractivity contribution < 1.29 is 15.0 Å². The number of aromatic carboxylic acids is 1. The normalized spacial score (nSPS) is 22.5. The summed E-state index contributed by atoms with van der Waals surface area (Å²) in [6, 6.07) is 7.57. The van der Waals surface area contributed by atoms with Gasteiger partial charge in [-0.3, -0.25) is 4.98 Å². The van der Waals surface area contributed by atoms with E-state index in [4.69, 9.17) is 0 Å². The Bertz CT molecular complexity index is 686. The van der Waals surface area contributed by atoms with Gasteiger partial charge in [0.25, 0.3) is 0 Å². The van der Waals surface area contributed by atoms with Crippen LogP contribution >= 0.6 is 0 Å². The van der Waals surface area contributed by atoms with Crippen molar-refractivity contribution in [3.05, 3.63) is 36.0 Å². The molecule has 1 saturated heterocycles. The molecule has 0 saturated carbocycles. The Kier molecular flexibility index (Phi) is 3.51. The summed E-state index contributed by atoms with van der Waals surface area (Å²) < 4.78 is 0. The van der Waals surface area contributed by atoms with E-state index >= 15 is 0 Å². The number of rotatable bonds is 2. The molecule has 0 bridgehead atoms. The number of aromatic nitrogens is 1. The number of carboxylic acids is 1. The lowest BCUT2D eigenvalue weighted by atomic mass is 9.95. The SMILES string of the molecule is CC1CN(c2c(C(=O)O)cnc3ccccc23)CCC1O. The topological polar surface area (TPSA) is 73.7 Å². The highest BCUT2D eigenvalue weighted by Gasteiger charge is 2.28. The Labute approximate surface area is 122 Å². The fraction of sp³-hybridized carbons (Fsp3) is 0.375. The average Bonchev–Trinajstić information content (AvgIpc) is 2.49. The van der Waals surface area contributed by atoms with E-state index < -0.39 is 5.97 Å². The van der Waals surface area contributed by atoms with Crippen LogP contribution in [-0.4, -0.2) is 40.4 Å². The Morgan fingerprint density at radius 3 is 2.86 bits per heavy atom. The van der Waals surface area contributed by atoms with Gasteiger partial charge in [0.1, 0.15) is 5.56 Å². The maximum Gasteiger partial charge on any atom is 0.339 e. The molecule has 3 rings (SSSR count). The summed E-state index contributed by atoms with van der Waals surface area (Å²) in [5.74, 6) is -0.852. The molecule has 2 unspecified atom stereocenters. The molecule has 0 amide bonds. The molecule has 1 aromatic heterocycles. The molecule has 1 fully saturated rings. The van der Waals surface area contributed by atoms with Gasteiger partial charge in [0.05, 0.1) is 17.3 Å². The van der Waals surface area contributed by atoms with Crippen molar-refractivity contribution in [3.63, 3.8) is 0 Å². The van der Waals surface area contributed by atoms with Gasteiger partial charge in [-0.25, -0.2) is 4.79 Å². The second-order valence-corrected chi connectivity index (χ2v) is 5.62. The van der Waals surface area contributed by atoms with Crippen LogP contribution in [0.1, 0.15) is 23.7 Å². The van der Waals surface area contributed by atoms with Gasteiger partial charge in [0.2, 0.25) is 0 Å². The van der Waals surface area contributed by atoms with Gasteiger partial charge in [-0.2, -0.15) is 0 Å². The number of benzene rings is 1. The van der Waals surface area contributed by atoms with E-state index in [1.165, 1.54) is 6.20 Å². The number of anilines is 1. The number of hydrogen-bond donors (Lipinski definition) is 2. The zero-order valence-electron chi connectivity index (χ0n) is 11.9. The molecule has 2 aromatic rings. The van der Waals surface area contributed by atoms with Crippen LogP contribution in [0, 0.1) is 5.92 Å². The molecule has 5 nitrogen and oxygen atoms in total. The third-order valence-electron chi connectivity index (χ3n) is 4.15. The maximum atomic E-state index is 11.5. The molecular weight excluding hydrogens is 268 g/mol. The maximum absolute atomic E-state index is 11.5. The lowest BCUT2D eigenvalue weighted by Gasteiger charge is -2.37. The Balaban J connectivity index is 2.14. The number of para-hydroxylation sites is 1. The van der Waals surface area contributed by atoms with Crippen molar-refractivity contribution in [2.75, 3.05) is 18.0 Å². The molecule has 2 heterocycles. The smallest absolute Gasteiger partial charge is 0.339 e. The molecule has 0 aliphatic carbocycles. The average molecular weight is 286 g/mol. The predicted molar refractivity (Wildman–Crippen MR) is 80.7 cm³/mol. The van der Waals surface area contributed by atoms with Crippen LogP contribution in [0.2, 0.25) is 0 Å². The first kappa shape index (κ1) is 13.8. The number of fused-ring (bicyclic) bond motifs is 1. The lowest BCUT2D eigenvalue weighted by Crippen LogP contribution is -2.42. The van der Waals surface area contributed by atoms with Gasteiger partial charge >= 0.3 is 5.97 Å². The van der Waals surface area contributed by atoms with Crippen molar-refractivity contribution in [1.82, 2.24) is 4.98 Å².